The van der Waals surface area contributed by atoms with Gasteiger partial charge in [-0.25, -0.2) is 0 Å². The van der Waals surface area contributed by atoms with Gasteiger partial charge in [0.05, 0.1) is 5.92 Å². The van der Waals surface area contributed by atoms with Gasteiger partial charge in [-0.2, -0.15) is 13.2 Å². The molecule has 0 aromatic heterocycles. The molecule has 4 atom stereocenters. The predicted octanol–water partition coefficient (Wildman–Crippen LogP) is 3.68. The minimum Gasteiger partial charge on any atom is -0.317 e. The second-order valence-electron chi connectivity index (χ2n) is 6.88. The van der Waals surface area contributed by atoms with Crippen molar-refractivity contribution < 1.29 is 13.2 Å². The van der Waals surface area contributed by atoms with E-state index in [0.717, 1.165) is 31.8 Å². The lowest BCUT2D eigenvalue weighted by Crippen LogP contribution is -2.48. The molecule has 1 aliphatic heterocycles. The van der Waals surface area contributed by atoms with E-state index in [4.69, 9.17) is 0 Å². The predicted molar refractivity (Wildman–Crippen MR) is 79.2 cm³/mol. The third-order valence-electron chi connectivity index (χ3n) is 5.50. The van der Waals surface area contributed by atoms with E-state index >= 15 is 0 Å². The van der Waals surface area contributed by atoms with Crippen molar-refractivity contribution in [2.75, 3.05) is 26.7 Å². The Morgan fingerprint density at radius 2 is 1.95 bits per heavy atom. The molecule has 124 valence electrons. The van der Waals surface area contributed by atoms with Gasteiger partial charge >= 0.3 is 6.18 Å². The van der Waals surface area contributed by atoms with Crippen LogP contribution in [0.25, 0.3) is 0 Å². The van der Waals surface area contributed by atoms with Gasteiger partial charge in [0, 0.05) is 19.1 Å². The van der Waals surface area contributed by atoms with E-state index in [1.54, 1.807) is 0 Å². The Morgan fingerprint density at radius 3 is 2.57 bits per heavy atom. The van der Waals surface area contributed by atoms with E-state index in [9.17, 15) is 13.2 Å². The highest BCUT2D eigenvalue weighted by molar-refractivity contribution is 4.87. The van der Waals surface area contributed by atoms with Crippen molar-refractivity contribution in [2.24, 2.45) is 17.8 Å². The molecule has 2 rings (SSSR count). The van der Waals surface area contributed by atoms with Crippen LogP contribution in [0.3, 0.4) is 0 Å². The summed E-state index contributed by atoms with van der Waals surface area (Å²) in [6, 6.07) is 0.471. The summed E-state index contributed by atoms with van der Waals surface area (Å²) in [6.45, 7) is 4.08. The highest BCUT2D eigenvalue weighted by Crippen LogP contribution is 2.35. The van der Waals surface area contributed by atoms with E-state index in [1.807, 2.05) is 7.05 Å². The summed E-state index contributed by atoms with van der Waals surface area (Å²) in [6.07, 6.45) is 1.73. The second-order valence-corrected chi connectivity index (χ2v) is 6.88. The van der Waals surface area contributed by atoms with Crippen LogP contribution in [-0.4, -0.2) is 43.8 Å². The molecule has 0 aromatic carbocycles. The first-order chi connectivity index (χ1) is 9.94. The number of nitrogens with zero attached hydrogens (tertiary/aromatic N) is 1. The average Bonchev–Trinajstić information content (AvgIpc) is 2.46. The summed E-state index contributed by atoms with van der Waals surface area (Å²) in [7, 11) is 1.98. The zero-order valence-electron chi connectivity index (χ0n) is 13.3. The lowest BCUT2D eigenvalue weighted by molar-refractivity contribution is -0.187. The summed E-state index contributed by atoms with van der Waals surface area (Å²) >= 11 is 0. The Labute approximate surface area is 126 Å². The first-order valence-electron chi connectivity index (χ1n) is 8.40. The Bertz CT molecular complexity index is 319. The lowest BCUT2D eigenvalue weighted by atomic mass is 9.76. The highest BCUT2D eigenvalue weighted by atomic mass is 19.4. The van der Waals surface area contributed by atoms with E-state index in [-0.39, 0.29) is 6.54 Å². The Balaban J connectivity index is 1.92. The van der Waals surface area contributed by atoms with Crippen LogP contribution in [0.5, 0.6) is 0 Å². The summed E-state index contributed by atoms with van der Waals surface area (Å²) in [5.41, 5.74) is 0. The molecule has 0 spiro atoms. The molecule has 1 heterocycles. The van der Waals surface area contributed by atoms with Crippen LogP contribution in [-0.2, 0) is 0 Å². The van der Waals surface area contributed by atoms with Gasteiger partial charge in [0.2, 0.25) is 0 Å². The fourth-order valence-electron chi connectivity index (χ4n) is 4.13. The maximum Gasteiger partial charge on any atom is 0.393 e. The van der Waals surface area contributed by atoms with Crippen molar-refractivity contribution in [1.82, 2.24) is 10.2 Å². The molecule has 4 unspecified atom stereocenters. The molecule has 0 aromatic rings. The van der Waals surface area contributed by atoms with Gasteiger partial charge in [-0.3, -0.25) is 0 Å². The molecule has 5 heteroatoms. The van der Waals surface area contributed by atoms with Crippen LogP contribution in [0.4, 0.5) is 13.2 Å². The van der Waals surface area contributed by atoms with Crippen LogP contribution >= 0.6 is 0 Å². The summed E-state index contributed by atoms with van der Waals surface area (Å²) in [5, 5.41) is 3.38. The molecular formula is C16H29F3N2. The SMILES string of the molecule is CCC1CCC(NC)C(CN2CCCC(C(F)(F)F)C2)C1. The summed E-state index contributed by atoms with van der Waals surface area (Å²) in [5.74, 6) is 0.133. The van der Waals surface area contributed by atoms with Crippen molar-refractivity contribution in [2.45, 2.75) is 57.7 Å². The number of hydrogen-bond donors (Lipinski definition) is 1. The zero-order chi connectivity index (χ0) is 15.5. The normalized spacial score (nSPS) is 35.9. The van der Waals surface area contributed by atoms with Crippen LogP contribution in [0.1, 0.15) is 45.4 Å². The standard InChI is InChI=1S/C16H29F3N2/c1-3-12-6-7-15(20-2)13(9-12)10-21-8-4-5-14(11-21)16(17,18)19/h12-15,20H,3-11H2,1-2H3. The molecule has 1 saturated heterocycles. The van der Waals surface area contributed by atoms with Crippen molar-refractivity contribution in [3.8, 4) is 0 Å². The van der Waals surface area contributed by atoms with E-state index < -0.39 is 12.1 Å². The fourth-order valence-corrected chi connectivity index (χ4v) is 4.13. The molecule has 2 aliphatic rings. The monoisotopic (exact) mass is 306 g/mol. The van der Waals surface area contributed by atoms with Crippen LogP contribution < -0.4 is 5.32 Å². The Hall–Kier alpha value is -0.290. The number of halogens is 3. The zero-order valence-corrected chi connectivity index (χ0v) is 13.3. The smallest absolute Gasteiger partial charge is 0.317 e. The van der Waals surface area contributed by atoms with Gasteiger partial charge in [-0.15, -0.1) is 0 Å². The maximum atomic E-state index is 12.9. The minimum absolute atomic E-state index is 0.202. The Kier molecular flexibility index (Phi) is 5.95. The van der Waals surface area contributed by atoms with Gasteiger partial charge < -0.3 is 10.2 Å². The molecule has 1 N–H and O–H groups in total. The molecule has 0 radical (unpaired) electrons. The van der Waals surface area contributed by atoms with Gasteiger partial charge in [-0.1, -0.05) is 13.3 Å². The quantitative estimate of drug-likeness (QED) is 0.852. The highest BCUT2D eigenvalue weighted by Gasteiger charge is 2.42. The largest absolute Gasteiger partial charge is 0.393 e. The molecule has 21 heavy (non-hydrogen) atoms. The first kappa shape index (κ1) is 17.1. The van der Waals surface area contributed by atoms with Crippen molar-refractivity contribution in [3.05, 3.63) is 0 Å². The molecule has 1 aliphatic carbocycles. The number of hydrogen-bond acceptors (Lipinski definition) is 2. The lowest BCUT2D eigenvalue weighted by Gasteiger charge is -2.41. The number of alkyl halides is 3. The number of likely N-dealkylation sites (tertiary alicyclic amines) is 1. The number of piperidine rings is 1. The van der Waals surface area contributed by atoms with Gasteiger partial charge in [-0.05, 0) is 57.5 Å². The van der Waals surface area contributed by atoms with Crippen molar-refractivity contribution in [3.63, 3.8) is 0 Å². The van der Waals surface area contributed by atoms with Gasteiger partial charge in [0.25, 0.3) is 0 Å². The van der Waals surface area contributed by atoms with Crippen LogP contribution in [0, 0.1) is 17.8 Å². The Morgan fingerprint density at radius 1 is 1.19 bits per heavy atom. The van der Waals surface area contributed by atoms with E-state index in [2.05, 4.69) is 17.1 Å². The average molecular weight is 306 g/mol. The molecule has 0 bridgehead atoms. The van der Waals surface area contributed by atoms with Gasteiger partial charge in [0.1, 0.15) is 0 Å². The summed E-state index contributed by atoms with van der Waals surface area (Å²) < 4.78 is 38.7. The molecule has 1 saturated carbocycles. The molecular weight excluding hydrogens is 277 g/mol. The van der Waals surface area contributed by atoms with Crippen molar-refractivity contribution in [1.29, 1.82) is 0 Å². The topological polar surface area (TPSA) is 15.3 Å². The summed E-state index contributed by atoms with van der Waals surface area (Å²) in [4.78, 5) is 2.06. The second kappa shape index (κ2) is 7.32. The third-order valence-corrected chi connectivity index (χ3v) is 5.50. The number of nitrogens with one attached hydrogen (secondary N) is 1. The van der Waals surface area contributed by atoms with Crippen molar-refractivity contribution >= 4 is 0 Å². The third kappa shape index (κ3) is 4.59. The molecule has 0 amide bonds. The van der Waals surface area contributed by atoms with Gasteiger partial charge in [0.15, 0.2) is 0 Å². The van der Waals surface area contributed by atoms with Crippen LogP contribution in [0.2, 0.25) is 0 Å². The minimum atomic E-state index is -4.03. The first-order valence-corrected chi connectivity index (χ1v) is 8.40. The maximum absolute atomic E-state index is 12.9. The van der Waals surface area contributed by atoms with Crippen LogP contribution in [0.15, 0.2) is 0 Å². The fraction of sp³-hybridized carbons (Fsp3) is 1.00. The van der Waals surface area contributed by atoms with E-state index in [1.165, 1.54) is 12.8 Å². The number of rotatable bonds is 4. The molecule has 2 fully saturated rings. The van der Waals surface area contributed by atoms with E-state index in [0.29, 0.717) is 24.8 Å². The molecule has 2 nitrogen and oxygen atoms in total.